The second-order valence-corrected chi connectivity index (χ2v) is 11.0. The molecule has 1 saturated carbocycles. The number of piperidine rings is 1. The number of rotatable bonds is 7. The average molecular weight is 488 g/mol. The molecule has 8 nitrogen and oxygen atoms in total. The van der Waals surface area contributed by atoms with E-state index in [9.17, 15) is 13.2 Å². The lowest BCUT2D eigenvalue weighted by Gasteiger charge is -2.32. The van der Waals surface area contributed by atoms with Gasteiger partial charge >= 0.3 is 0 Å². The summed E-state index contributed by atoms with van der Waals surface area (Å²) in [7, 11) is -2.19. The van der Waals surface area contributed by atoms with Crippen LogP contribution in [-0.4, -0.2) is 50.0 Å². The Morgan fingerprint density at radius 1 is 1.09 bits per heavy atom. The van der Waals surface area contributed by atoms with Crippen molar-refractivity contribution in [1.82, 2.24) is 14.8 Å². The Labute approximate surface area is 201 Å². The minimum absolute atomic E-state index is 0.0632. The van der Waals surface area contributed by atoms with E-state index < -0.39 is 10.0 Å². The molecule has 0 bridgehead atoms. The fraction of sp³-hybridized carbons (Fsp3) is 0.520. The molecule has 34 heavy (non-hydrogen) atoms. The van der Waals surface area contributed by atoms with Gasteiger partial charge in [0.05, 0.1) is 7.11 Å². The molecule has 0 unspecified atom stereocenters. The Balaban J connectivity index is 1.42. The summed E-state index contributed by atoms with van der Waals surface area (Å²) < 4.78 is 38.9. The highest BCUT2D eigenvalue weighted by atomic mass is 32.2. The maximum atomic E-state index is 13.5. The van der Waals surface area contributed by atoms with Gasteiger partial charge in [0.1, 0.15) is 11.4 Å². The number of hydrogen-bond acceptors (Lipinski definition) is 6. The van der Waals surface area contributed by atoms with Crippen molar-refractivity contribution in [2.45, 2.75) is 62.8 Å². The van der Waals surface area contributed by atoms with Gasteiger partial charge in [-0.05, 0) is 56.4 Å². The second-order valence-electron chi connectivity index (χ2n) is 9.09. The van der Waals surface area contributed by atoms with Gasteiger partial charge in [0.15, 0.2) is 10.7 Å². The lowest BCUT2D eigenvalue weighted by Crippen LogP contribution is -2.45. The number of hydrogen-bond donors (Lipinski definition) is 1. The standard InChI is InChI=1S/C25H33N3O5S/c1-18-24(23(33-27-18)13-10-19-8-11-22(32-2)12-9-19)34(30,31)28-16-14-20(15-17-28)25(29)26-21-6-4-3-5-7-21/h8-13,20-21H,3-7,14-17H2,1-2H3,(H,26,29). The van der Waals surface area contributed by atoms with Crippen LogP contribution in [0.15, 0.2) is 33.7 Å². The number of aryl methyl sites for hydroxylation is 1. The summed E-state index contributed by atoms with van der Waals surface area (Å²) in [6.07, 6.45) is 10.1. The normalized spacial score (nSPS) is 18.9. The van der Waals surface area contributed by atoms with Gasteiger partial charge in [0.2, 0.25) is 15.9 Å². The fourth-order valence-electron chi connectivity index (χ4n) is 4.74. The monoisotopic (exact) mass is 487 g/mol. The van der Waals surface area contributed by atoms with E-state index in [0.717, 1.165) is 37.0 Å². The number of aromatic nitrogens is 1. The fourth-order valence-corrected chi connectivity index (χ4v) is 6.46. The third kappa shape index (κ3) is 5.52. The van der Waals surface area contributed by atoms with Gasteiger partial charge in [-0.15, -0.1) is 0 Å². The van der Waals surface area contributed by atoms with Crippen molar-refractivity contribution >= 4 is 28.1 Å². The molecule has 1 amide bonds. The van der Waals surface area contributed by atoms with E-state index in [4.69, 9.17) is 9.26 Å². The van der Waals surface area contributed by atoms with Crippen molar-refractivity contribution in [1.29, 1.82) is 0 Å². The Bertz CT molecular complexity index is 1110. The second kappa shape index (κ2) is 10.7. The number of methoxy groups -OCH3 is 1. The smallest absolute Gasteiger partial charge is 0.248 e. The maximum Gasteiger partial charge on any atom is 0.248 e. The Morgan fingerprint density at radius 3 is 2.41 bits per heavy atom. The van der Waals surface area contributed by atoms with E-state index in [0.29, 0.717) is 31.6 Å². The van der Waals surface area contributed by atoms with Crippen LogP contribution in [0, 0.1) is 12.8 Å². The van der Waals surface area contributed by atoms with Gasteiger partial charge in [0, 0.05) is 25.0 Å². The first-order chi connectivity index (χ1) is 16.4. The van der Waals surface area contributed by atoms with Crippen LogP contribution in [0.2, 0.25) is 0 Å². The van der Waals surface area contributed by atoms with Crippen molar-refractivity contribution in [2.24, 2.45) is 5.92 Å². The quantitative estimate of drug-likeness (QED) is 0.633. The molecule has 0 atom stereocenters. The van der Waals surface area contributed by atoms with Crippen LogP contribution in [0.4, 0.5) is 0 Å². The first-order valence-corrected chi connectivity index (χ1v) is 13.4. The maximum absolute atomic E-state index is 13.5. The Kier molecular flexibility index (Phi) is 7.73. The zero-order valence-corrected chi connectivity index (χ0v) is 20.6. The van der Waals surface area contributed by atoms with E-state index in [1.54, 1.807) is 26.2 Å². The number of carbonyl (C=O) groups excluding carboxylic acids is 1. The average Bonchev–Trinajstić information content (AvgIpc) is 3.24. The number of nitrogens with one attached hydrogen (secondary N) is 1. The first kappa shape index (κ1) is 24.5. The van der Waals surface area contributed by atoms with Gasteiger partial charge < -0.3 is 14.6 Å². The zero-order valence-electron chi connectivity index (χ0n) is 19.8. The minimum atomic E-state index is -3.80. The number of carbonyl (C=O) groups is 1. The van der Waals surface area contributed by atoms with Crippen molar-refractivity contribution in [2.75, 3.05) is 20.2 Å². The molecule has 1 N–H and O–H groups in total. The molecule has 1 aromatic heterocycles. The van der Waals surface area contributed by atoms with Gasteiger partial charge in [-0.1, -0.05) is 42.6 Å². The van der Waals surface area contributed by atoms with Crippen LogP contribution >= 0.6 is 0 Å². The van der Waals surface area contributed by atoms with Gasteiger partial charge in [-0.25, -0.2) is 8.42 Å². The number of ether oxygens (including phenoxy) is 1. The predicted molar refractivity (Wildman–Crippen MR) is 130 cm³/mol. The van der Waals surface area contributed by atoms with Crippen molar-refractivity contribution < 1.29 is 22.5 Å². The molecule has 2 heterocycles. The van der Waals surface area contributed by atoms with Crippen LogP contribution in [-0.2, 0) is 14.8 Å². The van der Waals surface area contributed by atoms with E-state index in [1.807, 2.05) is 24.3 Å². The molecule has 9 heteroatoms. The van der Waals surface area contributed by atoms with E-state index in [1.165, 1.54) is 10.7 Å². The van der Waals surface area contributed by atoms with Crippen LogP contribution in [0.1, 0.15) is 62.0 Å². The van der Waals surface area contributed by atoms with Crippen molar-refractivity contribution in [3.8, 4) is 5.75 Å². The van der Waals surface area contributed by atoms with Gasteiger partial charge in [-0.3, -0.25) is 4.79 Å². The molecule has 0 radical (unpaired) electrons. The van der Waals surface area contributed by atoms with Gasteiger partial charge in [-0.2, -0.15) is 4.31 Å². The molecule has 4 rings (SSSR count). The van der Waals surface area contributed by atoms with E-state index in [-0.39, 0.29) is 28.5 Å². The molecule has 2 aliphatic rings. The Morgan fingerprint density at radius 2 is 1.76 bits per heavy atom. The summed E-state index contributed by atoms with van der Waals surface area (Å²) in [5.74, 6) is 0.858. The third-order valence-corrected chi connectivity index (χ3v) is 8.81. The van der Waals surface area contributed by atoms with E-state index in [2.05, 4.69) is 10.5 Å². The lowest BCUT2D eigenvalue weighted by molar-refractivity contribution is -0.127. The summed E-state index contributed by atoms with van der Waals surface area (Å²) in [5, 5.41) is 7.09. The highest BCUT2D eigenvalue weighted by Crippen LogP contribution is 2.30. The molecular formula is C25H33N3O5S. The summed E-state index contributed by atoms with van der Waals surface area (Å²) >= 11 is 0. The molecule has 1 aliphatic heterocycles. The lowest BCUT2D eigenvalue weighted by atomic mass is 9.93. The first-order valence-electron chi connectivity index (χ1n) is 12.0. The van der Waals surface area contributed by atoms with Crippen LogP contribution < -0.4 is 10.1 Å². The summed E-state index contributed by atoms with van der Waals surface area (Å²) in [4.78, 5) is 12.8. The number of amides is 1. The predicted octanol–water partition coefficient (Wildman–Crippen LogP) is 4.01. The third-order valence-electron chi connectivity index (χ3n) is 6.75. The molecule has 2 fully saturated rings. The summed E-state index contributed by atoms with van der Waals surface area (Å²) in [6.45, 7) is 2.24. The number of nitrogens with zero attached hydrogens (tertiary/aromatic N) is 2. The molecule has 1 saturated heterocycles. The minimum Gasteiger partial charge on any atom is -0.497 e. The molecule has 2 aromatic rings. The van der Waals surface area contributed by atoms with Crippen molar-refractivity contribution in [3.05, 3.63) is 41.3 Å². The summed E-state index contributed by atoms with van der Waals surface area (Å²) in [5.41, 5.74) is 1.20. The molecule has 1 aliphatic carbocycles. The largest absolute Gasteiger partial charge is 0.497 e. The number of benzene rings is 1. The van der Waals surface area contributed by atoms with E-state index >= 15 is 0 Å². The molecule has 1 aromatic carbocycles. The van der Waals surface area contributed by atoms with Crippen LogP contribution in [0.25, 0.3) is 12.2 Å². The Hall–Kier alpha value is -2.65. The SMILES string of the molecule is COc1ccc(C=Cc2onc(C)c2S(=O)(=O)N2CCC(C(=O)NC3CCCCC3)CC2)cc1. The number of sulfonamides is 1. The van der Waals surface area contributed by atoms with Crippen LogP contribution in [0.3, 0.4) is 0 Å². The van der Waals surface area contributed by atoms with Crippen LogP contribution in [0.5, 0.6) is 5.75 Å². The molecule has 0 spiro atoms. The highest BCUT2D eigenvalue weighted by molar-refractivity contribution is 7.89. The highest BCUT2D eigenvalue weighted by Gasteiger charge is 2.36. The molecular weight excluding hydrogens is 454 g/mol. The zero-order chi connectivity index (χ0) is 24.1. The summed E-state index contributed by atoms with van der Waals surface area (Å²) in [6, 6.07) is 7.67. The topological polar surface area (TPSA) is 102 Å². The molecule has 184 valence electrons. The van der Waals surface area contributed by atoms with Crippen molar-refractivity contribution in [3.63, 3.8) is 0 Å². The van der Waals surface area contributed by atoms with Gasteiger partial charge in [0.25, 0.3) is 0 Å².